The molecule has 1 N–H and O–H groups in total. The Kier molecular flexibility index (Phi) is 4.64. The van der Waals surface area contributed by atoms with Crippen LogP contribution in [-0.2, 0) is 11.2 Å². The largest absolute Gasteiger partial charge is 0.488 e. The number of amides is 1. The van der Waals surface area contributed by atoms with Crippen LogP contribution in [0, 0.1) is 11.8 Å². The lowest BCUT2D eigenvalue weighted by atomic mass is 9.78. The molecule has 3 aliphatic rings. The van der Waals surface area contributed by atoms with E-state index in [-0.39, 0.29) is 18.8 Å². The fraction of sp³-hybridized carbons (Fsp3) is 0.476. The molecule has 4 atom stereocenters. The van der Waals surface area contributed by atoms with Gasteiger partial charge in [0.1, 0.15) is 11.9 Å². The van der Waals surface area contributed by atoms with Crippen LogP contribution < -0.4 is 14.2 Å². The number of aliphatic hydroxyl groups is 1. The van der Waals surface area contributed by atoms with E-state index in [4.69, 9.17) is 14.2 Å². The first-order chi connectivity index (χ1) is 13.7. The summed E-state index contributed by atoms with van der Waals surface area (Å²) >= 11 is 1.62. The highest BCUT2D eigenvalue weighted by atomic mass is 32.1. The van der Waals surface area contributed by atoms with Gasteiger partial charge in [0.15, 0.2) is 11.5 Å². The predicted molar refractivity (Wildman–Crippen MR) is 104 cm³/mol. The summed E-state index contributed by atoms with van der Waals surface area (Å²) in [4.78, 5) is 14.6. The maximum absolute atomic E-state index is 12.6. The summed E-state index contributed by atoms with van der Waals surface area (Å²) in [6, 6.07) is 7.49. The number of aliphatic hydroxyl groups excluding tert-OH is 1. The van der Waals surface area contributed by atoms with Crippen LogP contribution in [0.4, 0.5) is 0 Å². The molecule has 0 radical (unpaired) electrons. The molecule has 1 saturated carbocycles. The Labute approximate surface area is 167 Å². The molecular formula is C21H23NO5S. The zero-order valence-corrected chi connectivity index (χ0v) is 16.3. The van der Waals surface area contributed by atoms with Gasteiger partial charge in [-0.3, -0.25) is 4.79 Å². The summed E-state index contributed by atoms with van der Waals surface area (Å²) in [5.74, 6) is 2.96. The van der Waals surface area contributed by atoms with Crippen molar-refractivity contribution in [2.75, 3.05) is 19.9 Å². The Morgan fingerprint density at radius 1 is 1.18 bits per heavy atom. The van der Waals surface area contributed by atoms with E-state index in [2.05, 4.69) is 0 Å². The number of rotatable bonds is 4. The van der Waals surface area contributed by atoms with Gasteiger partial charge in [-0.2, -0.15) is 11.3 Å². The average molecular weight is 401 g/mol. The number of benzene rings is 1. The molecule has 28 heavy (non-hydrogen) atoms. The number of hydrogen-bond acceptors (Lipinski definition) is 6. The Hall–Kier alpha value is -2.25. The van der Waals surface area contributed by atoms with E-state index in [0.29, 0.717) is 41.9 Å². The molecule has 2 aromatic rings. The van der Waals surface area contributed by atoms with Crippen LogP contribution in [0.15, 0.2) is 35.0 Å². The monoisotopic (exact) mass is 401 g/mol. The van der Waals surface area contributed by atoms with Crippen LogP contribution >= 0.6 is 11.3 Å². The Bertz CT molecular complexity index is 854. The van der Waals surface area contributed by atoms with Crippen LogP contribution in [0.3, 0.4) is 0 Å². The summed E-state index contributed by atoms with van der Waals surface area (Å²) in [6.07, 6.45) is 1.08. The van der Waals surface area contributed by atoms with Gasteiger partial charge in [0.2, 0.25) is 12.7 Å². The van der Waals surface area contributed by atoms with Crippen LogP contribution in [0.25, 0.3) is 0 Å². The van der Waals surface area contributed by atoms with Crippen LogP contribution in [-0.4, -0.2) is 48.0 Å². The first-order valence-electron chi connectivity index (χ1n) is 9.69. The third kappa shape index (κ3) is 3.44. The fourth-order valence-electron chi connectivity index (χ4n) is 4.53. The summed E-state index contributed by atoms with van der Waals surface area (Å²) in [7, 11) is 0. The highest BCUT2D eigenvalue weighted by Crippen LogP contribution is 2.40. The fourth-order valence-corrected chi connectivity index (χ4v) is 5.19. The third-order valence-electron chi connectivity index (χ3n) is 6.00. The van der Waals surface area contributed by atoms with Gasteiger partial charge in [-0.25, -0.2) is 0 Å². The van der Waals surface area contributed by atoms with E-state index in [1.54, 1.807) is 11.3 Å². The van der Waals surface area contributed by atoms with Crippen molar-refractivity contribution < 1.29 is 24.1 Å². The molecular weight excluding hydrogens is 378 g/mol. The molecule has 1 aliphatic carbocycles. The smallest absolute Gasteiger partial charge is 0.231 e. The number of ether oxygens (including phenoxy) is 3. The van der Waals surface area contributed by atoms with Gasteiger partial charge in [0.25, 0.3) is 0 Å². The normalized spacial score (nSPS) is 28.2. The minimum atomic E-state index is -0.529. The van der Waals surface area contributed by atoms with Crippen molar-refractivity contribution >= 4 is 17.2 Å². The first kappa shape index (κ1) is 17.8. The summed E-state index contributed by atoms with van der Waals surface area (Å²) < 4.78 is 16.8. The number of hydrogen-bond donors (Lipinski definition) is 1. The van der Waals surface area contributed by atoms with Gasteiger partial charge in [-0.15, -0.1) is 0 Å². The van der Waals surface area contributed by atoms with E-state index in [9.17, 15) is 9.90 Å². The number of carbonyl (C=O) groups excluding carboxylic acids is 1. The zero-order valence-electron chi connectivity index (χ0n) is 15.5. The second-order valence-electron chi connectivity index (χ2n) is 7.84. The van der Waals surface area contributed by atoms with E-state index in [1.165, 1.54) is 0 Å². The number of fused-ring (bicyclic) bond motifs is 2. The standard InChI is InChI=1S/C21H23NO5S/c23-17-6-14-9-22(21(24)5-13-3-4-28-11-13)10-15(14)7-19(17)27-16-1-2-18-20(8-16)26-12-25-18/h1-4,8,11,14-15,17,19,23H,5-7,9-10,12H2/t14-,15+,17+,19+/m0/s1. The highest BCUT2D eigenvalue weighted by Gasteiger charge is 2.43. The zero-order chi connectivity index (χ0) is 19.1. The van der Waals surface area contributed by atoms with Crippen LogP contribution in [0.5, 0.6) is 17.2 Å². The van der Waals surface area contributed by atoms with E-state index in [0.717, 1.165) is 25.1 Å². The second-order valence-corrected chi connectivity index (χ2v) is 8.62. The van der Waals surface area contributed by atoms with Crippen LogP contribution in [0.1, 0.15) is 18.4 Å². The molecule has 1 saturated heterocycles. The average Bonchev–Trinajstić information content (AvgIpc) is 3.41. The lowest BCUT2D eigenvalue weighted by Gasteiger charge is -2.35. The molecule has 7 heteroatoms. The molecule has 148 valence electrons. The van der Waals surface area contributed by atoms with Gasteiger partial charge in [-0.05, 0) is 59.2 Å². The third-order valence-corrected chi connectivity index (χ3v) is 6.74. The molecule has 0 bridgehead atoms. The molecule has 0 unspecified atom stereocenters. The molecule has 0 spiro atoms. The molecule has 1 amide bonds. The van der Waals surface area contributed by atoms with Gasteiger partial charge >= 0.3 is 0 Å². The molecule has 6 nitrogen and oxygen atoms in total. The molecule has 2 fully saturated rings. The Morgan fingerprint density at radius 3 is 2.82 bits per heavy atom. The lowest BCUT2D eigenvalue weighted by molar-refractivity contribution is -0.129. The van der Waals surface area contributed by atoms with Gasteiger partial charge in [0, 0.05) is 19.2 Å². The number of carbonyl (C=O) groups is 1. The van der Waals surface area contributed by atoms with Crippen molar-refractivity contribution in [3.05, 3.63) is 40.6 Å². The lowest BCUT2D eigenvalue weighted by Crippen LogP contribution is -2.42. The van der Waals surface area contributed by atoms with Crippen molar-refractivity contribution in [3.63, 3.8) is 0 Å². The molecule has 3 heterocycles. The first-order valence-corrected chi connectivity index (χ1v) is 10.6. The van der Waals surface area contributed by atoms with Gasteiger partial charge in [0.05, 0.1) is 12.5 Å². The van der Waals surface area contributed by atoms with E-state index in [1.807, 2.05) is 39.9 Å². The number of thiophene rings is 1. The van der Waals surface area contributed by atoms with Crippen molar-refractivity contribution in [3.8, 4) is 17.2 Å². The van der Waals surface area contributed by atoms with E-state index < -0.39 is 6.10 Å². The summed E-state index contributed by atoms with van der Waals surface area (Å²) in [5, 5.41) is 14.6. The molecule has 1 aromatic carbocycles. The molecule has 5 rings (SSSR count). The summed E-state index contributed by atoms with van der Waals surface area (Å²) in [5.41, 5.74) is 1.08. The quantitative estimate of drug-likeness (QED) is 0.853. The topological polar surface area (TPSA) is 68.2 Å². The van der Waals surface area contributed by atoms with Crippen LogP contribution in [0.2, 0.25) is 0 Å². The minimum absolute atomic E-state index is 0.176. The van der Waals surface area contributed by atoms with Crippen molar-refractivity contribution in [2.45, 2.75) is 31.5 Å². The maximum Gasteiger partial charge on any atom is 0.231 e. The maximum atomic E-state index is 12.6. The van der Waals surface area contributed by atoms with Crippen molar-refractivity contribution in [1.29, 1.82) is 0 Å². The predicted octanol–water partition coefficient (Wildman–Crippen LogP) is 2.70. The molecule has 1 aromatic heterocycles. The second kappa shape index (κ2) is 7.29. The Morgan fingerprint density at radius 2 is 2.00 bits per heavy atom. The Balaban J connectivity index is 1.22. The van der Waals surface area contributed by atoms with E-state index >= 15 is 0 Å². The van der Waals surface area contributed by atoms with Gasteiger partial charge < -0.3 is 24.2 Å². The van der Waals surface area contributed by atoms with Crippen molar-refractivity contribution in [2.24, 2.45) is 11.8 Å². The number of likely N-dealkylation sites (tertiary alicyclic amines) is 1. The number of nitrogens with zero attached hydrogens (tertiary/aromatic N) is 1. The molecule has 2 aliphatic heterocycles. The van der Waals surface area contributed by atoms with Gasteiger partial charge in [-0.1, -0.05) is 0 Å². The summed E-state index contributed by atoms with van der Waals surface area (Å²) in [6.45, 7) is 1.71. The minimum Gasteiger partial charge on any atom is -0.488 e. The highest BCUT2D eigenvalue weighted by molar-refractivity contribution is 7.08. The van der Waals surface area contributed by atoms with Crippen molar-refractivity contribution in [1.82, 2.24) is 4.90 Å². The SMILES string of the molecule is O=C(Cc1ccsc1)N1C[C@H]2C[C@@H](Oc3ccc4c(c3)OCO4)[C@H](O)C[C@H]2C1.